The van der Waals surface area contributed by atoms with E-state index in [0.717, 1.165) is 24.3 Å². The molecule has 0 aliphatic heterocycles. The van der Waals surface area contributed by atoms with Crippen molar-refractivity contribution < 1.29 is 4.39 Å². The molecule has 2 N–H and O–H groups in total. The zero-order valence-corrected chi connectivity index (χ0v) is 9.57. The molecule has 0 amide bonds. The molecule has 4 heteroatoms. The summed E-state index contributed by atoms with van der Waals surface area (Å²) in [6.07, 6.45) is 0.825. The highest BCUT2D eigenvalue weighted by molar-refractivity contribution is 5.76. The predicted molar refractivity (Wildman–Crippen MR) is 62.6 cm³/mol. The predicted octanol–water partition coefficient (Wildman–Crippen LogP) is 2.61. The van der Waals surface area contributed by atoms with Gasteiger partial charge in [0.25, 0.3) is 0 Å². The van der Waals surface area contributed by atoms with Crippen LogP contribution in [0.2, 0.25) is 0 Å². The number of benzene rings is 1. The SMILES string of the molecule is CCC(N)c1nc2cc(F)ccc2n1CC. The maximum Gasteiger partial charge on any atom is 0.126 e. The number of imidazole rings is 1. The molecule has 0 aliphatic rings. The zero-order chi connectivity index (χ0) is 11.7. The van der Waals surface area contributed by atoms with Crippen LogP contribution in [0, 0.1) is 5.82 Å². The van der Waals surface area contributed by atoms with E-state index in [-0.39, 0.29) is 11.9 Å². The van der Waals surface area contributed by atoms with E-state index in [2.05, 4.69) is 4.98 Å². The van der Waals surface area contributed by atoms with E-state index >= 15 is 0 Å². The first-order valence-electron chi connectivity index (χ1n) is 5.58. The molecule has 16 heavy (non-hydrogen) atoms. The maximum atomic E-state index is 13.1. The van der Waals surface area contributed by atoms with E-state index in [9.17, 15) is 4.39 Å². The minimum atomic E-state index is -0.259. The van der Waals surface area contributed by atoms with Crippen molar-refractivity contribution in [2.45, 2.75) is 32.9 Å². The van der Waals surface area contributed by atoms with Gasteiger partial charge in [-0.25, -0.2) is 9.37 Å². The van der Waals surface area contributed by atoms with Crippen LogP contribution in [0.15, 0.2) is 18.2 Å². The quantitative estimate of drug-likeness (QED) is 0.865. The standard InChI is InChI=1S/C12H16FN3/c1-3-9(14)12-15-10-7-8(13)5-6-11(10)16(12)4-2/h5-7,9H,3-4,14H2,1-2H3. The summed E-state index contributed by atoms with van der Waals surface area (Å²) in [5, 5.41) is 0. The highest BCUT2D eigenvalue weighted by Gasteiger charge is 2.14. The van der Waals surface area contributed by atoms with Gasteiger partial charge in [0, 0.05) is 12.6 Å². The van der Waals surface area contributed by atoms with Crippen molar-refractivity contribution in [2.24, 2.45) is 5.73 Å². The molecule has 0 spiro atoms. The van der Waals surface area contributed by atoms with Gasteiger partial charge in [0.1, 0.15) is 11.6 Å². The second kappa shape index (κ2) is 4.22. The number of rotatable bonds is 3. The number of aryl methyl sites for hydroxylation is 1. The van der Waals surface area contributed by atoms with Crippen molar-refractivity contribution in [1.82, 2.24) is 9.55 Å². The Morgan fingerprint density at radius 1 is 1.44 bits per heavy atom. The zero-order valence-electron chi connectivity index (χ0n) is 9.57. The van der Waals surface area contributed by atoms with Crippen molar-refractivity contribution in [2.75, 3.05) is 0 Å². The largest absolute Gasteiger partial charge is 0.327 e. The second-order valence-electron chi connectivity index (χ2n) is 3.86. The monoisotopic (exact) mass is 221 g/mol. The fourth-order valence-electron chi connectivity index (χ4n) is 1.92. The molecule has 1 aromatic carbocycles. The smallest absolute Gasteiger partial charge is 0.126 e. The van der Waals surface area contributed by atoms with Gasteiger partial charge in [-0.1, -0.05) is 6.92 Å². The summed E-state index contributed by atoms with van der Waals surface area (Å²) in [5.74, 6) is 0.579. The van der Waals surface area contributed by atoms with Gasteiger partial charge in [-0.05, 0) is 25.5 Å². The van der Waals surface area contributed by atoms with Crippen LogP contribution in [0.4, 0.5) is 4.39 Å². The number of hydrogen-bond donors (Lipinski definition) is 1. The average Bonchev–Trinajstić information content (AvgIpc) is 2.65. The lowest BCUT2D eigenvalue weighted by Crippen LogP contribution is -2.15. The Bertz CT molecular complexity index is 504. The normalized spacial score (nSPS) is 13.2. The third-order valence-corrected chi connectivity index (χ3v) is 2.83. The maximum absolute atomic E-state index is 13.1. The molecule has 1 atom stereocenters. The first-order chi connectivity index (χ1) is 7.67. The molecule has 0 saturated heterocycles. The first-order valence-corrected chi connectivity index (χ1v) is 5.58. The Balaban J connectivity index is 2.65. The van der Waals surface area contributed by atoms with Crippen molar-refractivity contribution >= 4 is 11.0 Å². The molecule has 86 valence electrons. The Morgan fingerprint density at radius 2 is 2.19 bits per heavy atom. The first kappa shape index (κ1) is 11.1. The fourth-order valence-corrected chi connectivity index (χ4v) is 1.92. The van der Waals surface area contributed by atoms with E-state index < -0.39 is 0 Å². The van der Waals surface area contributed by atoms with E-state index in [4.69, 9.17) is 5.73 Å². The van der Waals surface area contributed by atoms with Gasteiger partial charge < -0.3 is 10.3 Å². The molecule has 0 saturated carbocycles. The van der Waals surface area contributed by atoms with E-state index in [1.807, 2.05) is 18.4 Å². The summed E-state index contributed by atoms with van der Waals surface area (Å²) in [6.45, 7) is 4.85. The van der Waals surface area contributed by atoms with Crippen LogP contribution in [-0.2, 0) is 6.54 Å². The lowest BCUT2D eigenvalue weighted by Gasteiger charge is -2.10. The summed E-state index contributed by atoms with van der Waals surface area (Å²) in [4.78, 5) is 4.41. The molecule has 0 fully saturated rings. The molecule has 2 aromatic rings. The number of nitrogens with two attached hydrogens (primary N) is 1. The Labute approximate surface area is 94.1 Å². The summed E-state index contributed by atoms with van der Waals surface area (Å²) in [6, 6.07) is 4.58. The fraction of sp³-hybridized carbons (Fsp3) is 0.417. The number of nitrogens with zero attached hydrogens (tertiary/aromatic N) is 2. The van der Waals surface area contributed by atoms with Gasteiger partial charge >= 0.3 is 0 Å². The summed E-state index contributed by atoms with van der Waals surface area (Å²) in [5.41, 5.74) is 7.62. The Kier molecular flexibility index (Phi) is 2.92. The number of aromatic nitrogens is 2. The molecular weight excluding hydrogens is 205 g/mol. The molecule has 2 rings (SSSR count). The molecule has 1 aromatic heterocycles. The van der Waals surface area contributed by atoms with Crippen molar-refractivity contribution in [3.8, 4) is 0 Å². The van der Waals surface area contributed by atoms with Crippen molar-refractivity contribution in [1.29, 1.82) is 0 Å². The highest BCUT2D eigenvalue weighted by Crippen LogP contribution is 2.21. The second-order valence-corrected chi connectivity index (χ2v) is 3.86. The van der Waals surface area contributed by atoms with E-state index in [1.165, 1.54) is 12.1 Å². The van der Waals surface area contributed by atoms with Crippen LogP contribution in [0.25, 0.3) is 11.0 Å². The average molecular weight is 221 g/mol. The van der Waals surface area contributed by atoms with Crippen LogP contribution in [-0.4, -0.2) is 9.55 Å². The van der Waals surface area contributed by atoms with Gasteiger partial charge in [-0.3, -0.25) is 0 Å². The van der Waals surface area contributed by atoms with Gasteiger partial charge in [0.15, 0.2) is 0 Å². The third-order valence-electron chi connectivity index (χ3n) is 2.83. The number of hydrogen-bond acceptors (Lipinski definition) is 2. The van der Waals surface area contributed by atoms with Gasteiger partial charge in [-0.15, -0.1) is 0 Å². The highest BCUT2D eigenvalue weighted by atomic mass is 19.1. The molecule has 0 aliphatic carbocycles. The Hall–Kier alpha value is -1.42. The lowest BCUT2D eigenvalue weighted by molar-refractivity contribution is 0.597. The van der Waals surface area contributed by atoms with E-state index in [0.29, 0.717) is 5.52 Å². The molecule has 0 radical (unpaired) electrons. The van der Waals surface area contributed by atoms with Crippen LogP contribution >= 0.6 is 0 Å². The molecular formula is C12H16FN3. The topological polar surface area (TPSA) is 43.8 Å². The van der Waals surface area contributed by atoms with E-state index in [1.54, 1.807) is 6.07 Å². The van der Waals surface area contributed by atoms with Crippen molar-refractivity contribution in [3.05, 3.63) is 29.8 Å². The molecule has 1 heterocycles. The summed E-state index contributed by atoms with van der Waals surface area (Å²) in [7, 11) is 0. The number of halogens is 1. The third kappa shape index (κ3) is 1.69. The van der Waals surface area contributed by atoms with Gasteiger partial charge in [0.2, 0.25) is 0 Å². The summed E-state index contributed by atoms with van der Waals surface area (Å²) >= 11 is 0. The molecule has 1 unspecified atom stereocenters. The molecule has 3 nitrogen and oxygen atoms in total. The molecule has 0 bridgehead atoms. The Morgan fingerprint density at radius 3 is 2.81 bits per heavy atom. The summed E-state index contributed by atoms with van der Waals surface area (Å²) < 4.78 is 15.1. The minimum absolute atomic E-state index is 0.0876. The van der Waals surface area contributed by atoms with Gasteiger partial charge in [-0.2, -0.15) is 0 Å². The lowest BCUT2D eigenvalue weighted by atomic mass is 10.2. The van der Waals surface area contributed by atoms with Crippen LogP contribution in [0.1, 0.15) is 32.1 Å². The van der Waals surface area contributed by atoms with Crippen LogP contribution < -0.4 is 5.73 Å². The van der Waals surface area contributed by atoms with Crippen LogP contribution in [0.5, 0.6) is 0 Å². The minimum Gasteiger partial charge on any atom is -0.327 e. The van der Waals surface area contributed by atoms with Crippen LogP contribution in [0.3, 0.4) is 0 Å². The number of fused-ring (bicyclic) bond motifs is 1. The van der Waals surface area contributed by atoms with Gasteiger partial charge in [0.05, 0.1) is 17.1 Å². The van der Waals surface area contributed by atoms with Crippen molar-refractivity contribution in [3.63, 3.8) is 0 Å².